The number of aliphatic hydroxyl groups is 1. The van der Waals surface area contributed by atoms with Crippen LogP contribution in [0.4, 0.5) is 0 Å². The Balaban J connectivity index is 1.63. The van der Waals surface area contributed by atoms with Crippen LogP contribution in [0.25, 0.3) is 6.08 Å². The Morgan fingerprint density at radius 2 is 2.22 bits per heavy atom. The first-order valence-corrected chi connectivity index (χ1v) is 8.84. The summed E-state index contributed by atoms with van der Waals surface area (Å²) < 4.78 is 0. The molecule has 1 atom stereocenters. The molecule has 0 bridgehead atoms. The van der Waals surface area contributed by atoms with E-state index in [2.05, 4.69) is 5.32 Å². The van der Waals surface area contributed by atoms with E-state index in [-0.39, 0.29) is 12.5 Å². The molecule has 1 aliphatic carbocycles. The molecule has 0 saturated heterocycles. The Labute approximate surface area is 144 Å². The zero-order valence-corrected chi connectivity index (χ0v) is 14.2. The third-order valence-corrected chi connectivity index (χ3v) is 5.44. The van der Waals surface area contributed by atoms with Crippen molar-refractivity contribution < 1.29 is 9.90 Å². The van der Waals surface area contributed by atoms with Gasteiger partial charge in [0.2, 0.25) is 5.91 Å². The molecule has 1 aliphatic rings. The summed E-state index contributed by atoms with van der Waals surface area (Å²) in [5.41, 5.74) is 0.798. The summed E-state index contributed by atoms with van der Waals surface area (Å²) in [5.74, 6) is -0.235. The van der Waals surface area contributed by atoms with Crippen LogP contribution in [0.15, 0.2) is 41.8 Å². The van der Waals surface area contributed by atoms with Gasteiger partial charge >= 0.3 is 0 Å². The van der Waals surface area contributed by atoms with Gasteiger partial charge in [-0.3, -0.25) is 4.79 Å². The molecule has 120 valence electrons. The number of aryl methyl sites for hydroxylation is 1. The van der Waals surface area contributed by atoms with E-state index in [0.717, 1.165) is 24.0 Å². The predicted octanol–water partition coefficient (Wildman–Crippen LogP) is 3.76. The van der Waals surface area contributed by atoms with Crippen molar-refractivity contribution in [2.24, 2.45) is 0 Å². The molecule has 5 heteroatoms. The van der Waals surface area contributed by atoms with Crippen LogP contribution < -0.4 is 5.32 Å². The lowest BCUT2D eigenvalue weighted by atomic mass is 9.83. The number of carbonyl (C=O) groups is 1. The first kappa shape index (κ1) is 16.2. The van der Waals surface area contributed by atoms with Crippen LogP contribution in [0.3, 0.4) is 0 Å². The first-order valence-electron chi connectivity index (χ1n) is 7.58. The standard InChI is InChI=1S/C18H18ClNO2S/c19-15-5-2-1-4-13(15)7-8-17(21)20-12-18(22)10-3-6-16-14(18)9-11-23-16/h1-2,4-5,7-9,11,22H,3,6,10,12H2,(H,20,21). The predicted molar refractivity (Wildman–Crippen MR) is 94.6 cm³/mol. The molecule has 2 N–H and O–H groups in total. The van der Waals surface area contributed by atoms with Crippen LogP contribution in [0.2, 0.25) is 5.02 Å². The number of halogens is 1. The zero-order chi connectivity index (χ0) is 16.3. The van der Waals surface area contributed by atoms with Crippen LogP contribution in [0.5, 0.6) is 0 Å². The van der Waals surface area contributed by atoms with Crippen molar-refractivity contribution >= 4 is 34.9 Å². The van der Waals surface area contributed by atoms with Crippen LogP contribution in [-0.4, -0.2) is 17.6 Å². The molecule has 0 saturated carbocycles. The Morgan fingerprint density at radius 1 is 1.39 bits per heavy atom. The molecule has 1 aromatic carbocycles. The van der Waals surface area contributed by atoms with Crippen LogP contribution in [-0.2, 0) is 16.8 Å². The van der Waals surface area contributed by atoms with Gasteiger partial charge in [-0.05, 0) is 54.0 Å². The lowest BCUT2D eigenvalue weighted by Gasteiger charge is -2.32. The van der Waals surface area contributed by atoms with E-state index in [1.165, 1.54) is 11.0 Å². The lowest BCUT2D eigenvalue weighted by molar-refractivity contribution is -0.118. The highest BCUT2D eigenvalue weighted by atomic mass is 35.5. The SMILES string of the molecule is O=C(C=Cc1ccccc1Cl)NCC1(O)CCCc2sccc21. The quantitative estimate of drug-likeness (QED) is 0.827. The van der Waals surface area contributed by atoms with Crippen LogP contribution >= 0.6 is 22.9 Å². The summed E-state index contributed by atoms with van der Waals surface area (Å²) >= 11 is 7.72. The number of nitrogens with one attached hydrogen (secondary N) is 1. The highest BCUT2D eigenvalue weighted by molar-refractivity contribution is 7.10. The van der Waals surface area contributed by atoms with Gasteiger partial charge in [-0.1, -0.05) is 29.8 Å². The van der Waals surface area contributed by atoms with Crippen molar-refractivity contribution in [2.45, 2.75) is 24.9 Å². The minimum Gasteiger partial charge on any atom is -0.383 e. The van der Waals surface area contributed by atoms with E-state index in [4.69, 9.17) is 11.6 Å². The number of amides is 1. The zero-order valence-electron chi connectivity index (χ0n) is 12.6. The highest BCUT2D eigenvalue weighted by Crippen LogP contribution is 2.37. The number of benzene rings is 1. The van der Waals surface area contributed by atoms with E-state index in [0.29, 0.717) is 11.4 Å². The van der Waals surface area contributed by atoms with Gasteiger partial charge in [0.1, 0.15) is 5.60 Å². The molecule has 3 nitrogen and oxygen atoms in total. The van der Waals surface area contributed by atoms with Crippen molar-refractivity contribution in [1.82, 2.24) is 5.32 Å². The van der Waals surface area contributed by atoms with Crippen molar-refractivity contribution in [1.29, 1.82) is 0 Å². The van der Waals surface area contributed by atoms with E-state index in [9.17, 15) is 9.90 Å². The van der Waals surface area contributed by atoms with E-state index < -0.39 is 5.60 Å². The van der Waals surface area contributed by atoms with Crippen LogP contribution in [0, 0.1) is 0 Å². The molecule has 2 aromatic rings. The largest absolute Gasteiger partial charge is 0.383 e. The molecular formula is C18H18ClNO2S. The fourth-order valence-corrected chi connectivity index (χ4v) is 4.09. The Morgan fingerprint density at radius 3 is 3.04 bits per heavy atom. The minimum absolute atomic E-state index is 0.225. The summed E-state index contributed by atoms with van der Waals surface area (Å²) in [6.07, 6.45) is 5.75. The summed E-state index contributed by atoms with van der Waals surface area (Å²) in [4.78, 5) is 13.2. The van der Waals surface area contributed by atoms with Crippen molar-refractivity contribution in [3.05, 3.63) is 62.8 Å². The van der Waals surface area contributed by atoms with E-state index in [1.807, 2.05) is 29.6 Å². The molecule has 0 aliphatic heterocycles. The van der Waals surface area contributed by atoms with E-state index in [1.54, 1.807) is 23.5 Å². The smallest absolute Gasteiger partial charge is 0.244 e. The summed E-state index contributed by atoms with van der Waals surface area (Å²) in [5, 5.41) is 16.2. The van der Waals surface area contributed by atoms with Gasteiger partial charge in [0.05, 0.1) is 6.54 Å². The molecule has 3 rings (SSSR count). The van der Waals surface area contributed by atoms with Gasteiger partial charge in [0.25, 0.3) is 0 Å². The Hall–Kier alpha value is -1.62. The minimum atomic E-state index is -0.957. The monoisotopic (exact) mass is 347 g/mol. The first-order chi connectivity index (χ1) is 11.1. The maximum atomic E-state index is 12.0. The average Bonchev–Trinajstić information content (AvgIpc) is 3.03. The molecule has 1 aromatic heterocycles. The summed E-state index contributed by atoms with van der Waals surface area (Å²) in [6, 6.07) is 9.30. The second kappa shape index (κ2) is 6.87. The Bertz CT molecular complexity index is 740. The highest BCUT2D eigenvalue weighted by Gasteiger charge is 2.35. The van der Waals surface area contributed by atoms with E-state index >= 15 is 0 Å². The second-order valence-electron chi connectivity index (χ2n) is 5.72. The van der Waals surface area contributed by atoms with Crippen molar-refractivity contribution in [2.75, 3.05) is 6.54 Å². The van der Waals surface area contributed by atoms with Gasteiger partial charge in [0.15, 0.2) is 0 Å². The third kappa shape index (κ3) is 3.66. The number of rotatable bonds is 4. The van der Waals surface area contributed by atoms with Gasteiger partial charge in [0, 0.05) is 16.0 Å². The second-order valence-corrected chi connectivity index (χ2v) is 7.12. The Kier molecular flexibility index (Phi) is 4.85. The van der Waals surface area contributed by atoms with Gasteiger partial charge in [-0.15, -0.1) is 11.3 Å². The molecule has 1 unspecified atom stereocenters. The third-order valence-electron chi connectivity index (χ3n) is 4.12. The molecule has 1 amide bonds. The number of fused-ring (bicyclic) bond motifs is 1. The number of carbonyl (C=O) groups excluding carboxylic acids is 1. The average molecular weight is 348 g/mol. The van der Waals surface area contributed by atoms with Gasteiger partial charge in [-0.2, -0.15) is 0 Å². The van der Waals surface area contributed by atoms with Gasteiger partial charge < -0.3 is 10.4 Å². The molecule has 23 heavy (non-hydrogen) atoms. The molecular weight excluding hydrogens is 330 g/mol. The fourth-order valence-electron chi connectivity index (χ4n) is 2.88. The normalized spacial score (nSPS) is 20.4. The van der Waals surface area contributed by atoms with Crippen LogP contribution in [0.1, 0.15) is 28.8 Å². The molecule has 0 fully saturated rings. The summed E-state index contributed by atoms with van der Waals surface area (Å²) in [6.45, 7) is 0.225. The molecule has 0 radical (unpaired) electrons. The number of hydrogen-bond donors (Lipinski definition) is 2. The summed E-state index contributed by atoms with van der Waals surface area (Å²) in [7, 11) is 0. The van der Waals surface area contributed by atoms with Crippen molar-refractivity contribution in [3.8, 4) is 0 Å². The maximum absolute atomic E-state index is 12.0. The van der Waals surface area contributed by atoms with Gasteiger partial charge in [-0.25, -0.2) is 0 Å². The number of hydrogen-bond acceptors (Lipinski definition) is 3. The lowest BCUT2D eigenvalue weighted by Crippen LogP contribution is -2.42. The number of thiophene rings is 1. The molecule has 1 heterocycles. The van der Waals surface area contributed by atoms with Crippen molar-refractivity contribution in [3.63, 3.8) is 0 Å². The fraction of sp³-hybridized carbons (Fsp3) is 0.278. The maximum Gasteiger partial charge on any atom is 0.244 e. The molecule has 0 spiro atoms. The topological polar surface area (TPSA) is 49.3 Å².